The summed E-state index contributed by atoms with van der Waals surface area (Å²) in [5.74, 6) is -0.369. The van der Waals surface area contributed by atoms with Crippen LogP contribution in [0.1, 0.15) is 16.2 Å². The second kappa shape index (κ2) is 8.00. The van der Waals surface area contributed by atoms with E-state index in [4.69, 9.17) is 5.73 Å². The Kier molecular flexibility index (Phi) is 4.89. The third kappa shape index (κ3) is 4.01. The lowest BCUT2D eigenvalue weighted by atomic mass is 10.1. The zero-order valence-corrected chi connectivity index (χ0v) is 17.2. The SMILES string of the molecule is Nc1ccc(-c2ccsc2)cc1NC(=O)c1cn(Cc2ccc3ccccc3n2)nn1. The predicted molar refractivity (Wildman–Crippen MR) is 123 cm³/mol. The summed E-state index contributed by atoms with van der Waals surface area (Å²) in [7, 11) is 0. The Hall–Kier alpha value is -4.04. The molecule has 0 radical (unpaired) electrons. The Morgan fingerprint density at radius 1 is 1.06 bits per heavy atom. The first kappa shape index (κ1) is 19.0. The first-order valence-corrected chi connectivity index (χ1v) is 10.6. The number of hydrogen-bond donors (Lipinski definition) is 2. The van der Waals surface area contributed by atoms with Gasteiger partial charge in [-0.25, -0.2) is 4.68 Å². The molecule has 3 N–H and O–H groups in total. The van der Waals surface area contributed by atoms with Crippen LogP contribution in [-0.2, 0) is 6.54 Å². The molecule has 0 bridgehead atoms. The molecule has 0 aliphatic carbocycles. The number of amides is 1. The number of nitrogens with zero attached hydrogens (tertiary/aromatic N) is 4. The predicted octanol–water partition coefficient (Wildman–Crippen LogP) is 4.44. The van der Waals surface area contributed by atoms with E-state index in [1.807, 2.05) is 65.4 Å². The number of nitrogens with one attached hydrogen (secondary N) is 1. The fourth-order valence-corrected chi connectivity index (χ4v) is 3.97. The van der Waals surface area contributed by atoms with Gasteiger partial charge in [0.25, 0.3) is 5.91 Å². The molecule has 3 aromatic heterocycles. The van der Waals surface area contributed by atoms with Crippen molar-refractivity contribution < 1.29 is 4.79 Å². The lowest BCUT2D eigenvalue weighted by Crippen LogP contribution is -2.13. The Bertz CT molecular complexity index is 1380. The third-order valence-corrected chi connectivity index (χ3v) is 5.59. The zero-order valence-electron chi connectivity index (χ0n) is 16.4. The van der Waals surface area contributed by atoms with Crippen molar-refractivity contribution >= 4 is 39.5 Å². The summed E-state index contributed by atoms with van der Waals surface area (Å²) < 4.78 is 1.59. The van der Waals surface area contributed by atoms with Gasteiger partial charge in [0.2, 0.25) is 0 Å². The highest BCUT2D eigenvalue weighted by atomic mass is 32.1. The molecule has 0 fully saturated rings. The van der Waals surface area contributed by atoms with Crippen molar-refractivity contribution in [3.05, 3.63) is 89.0 Å². The van der Waals surface area contributed by atoms with Gasteiger partial charge in [-0.15, -0.1) is 5.10 Å². The van der Waals surface area contributed by atoms with Gasteiger partial charge in [0.15, 0.2) is 5.69 Å². The first-order valence-electron chi connectivity index (χ1n) is 9.64. The molecular formula is C23H18N6OS. The third-order valence-electron chi connectivity index (χ3n) is 4.91. The monoisotopic (exact) mass is 426 g/mol. The largest absolute Gasteiger partial charge is 0.397 e. The molecule has 1 amide bonds. The Labute approximate surface area is 182 Å². The molecule has 8 heteroatoms. The van der Waals surface area contributed by atoms with Crippen LogP contribution < -0.4 is 11.1 Å². The summed E-state index contributed by atoms with van der Waals surface area (Å²) in [5.41, 5.74) is 11.1. The van der Waals surface area contributed by atoms with E-state index in [-0.39, 0.29) is 11.6 Å². The van der Waals surface area contributed by atoms with Crippen LogP contribution in [0.4, 0.5) is 11.4 Å². The molecule has 2 aromatic carbocycles. The van der Waals surface area contributed by atoms with Crippen LogP contribution >= 0.6 is 11.3 Å². The fourth-order valence-electron chi connectivity index (χ4n) is 3.30. The normalized spacial score (nSPS) is 11.0. The maximum absolute atomic E-state index is 12.7. The Morgan fingerprint density at radius 2 is 1.97 bits per heavy atom. The highest BCUT2D eigenvalue weighted by Gasteiger charge is 2.14. The van der Waals surface area contributed by atoms with Gasteiger partial charge in [-0.2, -0.15) is 11.3 Å². The number of pyridine rings is 1. The molecule has 5 rings (SSSR count). The molecule has 152 valence electrons. The summed E-state index contributed by atoms with van der Waals surface area (Å²) >= 11 is 1.61. The van der Waals surface area contributed by atoms with Crippen LogP contribution in [-0.4, -0.2) is 25.9 Å². The highest BCUT2D eigenvalue weighted by molar-refractivity contribution is 7.08. The zero-order chi connectivity index (χ0) is 21.2. The molecule has 7 nitrogen and oxygen atoms in total. The second-order valence-electron chi connectivity index (χ2n) is 7.06. The van der Waals surface area contributed by atoms with Crippen molar-refractivity contribution in [2.24, 2.45) is 0 Å². The van der Waals surface area contributed by atoms with Crippen LogP contribution in [0.2, 0.25) is 0 Å². The topological polar surface area (TPSA) is 98.7 Å². The molecular weight excluding hydrogens is 408 g/mol. The summed E-state index contributed by atoms with van der Waals surface area (Å²) in [6, 6.07) is 19.5. The maximum Gasteiger partial charge on any atom is 0.277 e. The molecule has 31 heavy (non-hydrogen) atoms. The molecule has 0 unspecified atom stereocenters. The van der Waals surface area contributed by atoms with E-state index in [0.29, 0.717) is 17.9 Å². The quantitative estimate of drug-likeness (QED) is 0.405. The molecule has 0 spiro atoms. The summed E-state index contributed by atoms with van der Waals surface area (Å²) in [6.45, 7) is 0.418. The number of aromatic nitrogens is 4. The van der Waals surface area contributed by atoms with E-state index in [1.165, 1.54) is 0 Å². The van der Waals surface area contributed by atoms with Gasteiger partial charge < -0.3 is 11.1 Å². The maximum atomic E-state index is 12.7. The number of thiophene rings is 1. The first-order chi connectivity index (χ1) is 15.2. The lowest BCUT2D eigenvalue weighted by molar-refractivity contribution is 0.102. The number of fused-ring (bicyclic) bond motifs is 1. The lowest BCUT2D eigenvalue weighted by Gasteiger charge is -2.09. The highest BCUT2D eigenvalue weighted by Crippen LogP contribution is 2.28. The minimum absolute atomic E-state index is 0.209. The summed E-state index contributed by atoms with van der Waals surface area (Å²) in [5, 5.41) is 16.0. The summed E-state index contributed by atoms with van der Waals surface area (Å²) in [6.07, 6.45) is 1.60. The number of benzene rings is 2. The average molecular weight is 427 g/mol. The Balaban J connectivity index is 1.32. The number of carbonyl (C=O) groups excluding carboxylic acids is 1. The molecule has 0 aliphatic rings. The van der Waals surface area contributed by atoms with Crippen molar-refractivity contribution in [1.82, 2.24) is 20.0 Å². The van der Waals surface area contributed by atoms with Crippen molar-refractivity contribution in [2.75, 3.05) is 11.1 Å². The second-order valence-corrected chi connectivity index (χ2v) is 7.84. The molecule has 3 heterocycles. The van der Waals surface area contributed by atoms with E-state index in [0.717, 1.165) is 27.7 Å². The van der Waals surface area contributed by atoms with Crippen molar-refractivity contribution in [1.29, 1.82) is 0 Å². The van der Waals surface area contributed by atoms with Gasteiger partial charge >= 0.3 is 0 Å². The molecule has 0 atom stereocenters. The van der Waals surface area contributed by atoms with Gasteiger partial charge in [-0.1, -0.05) is 35.5 Å². The molecule has 5 aromatic rings. The minimum atomic E-state index is -0.369. The number of carbonyl (C=O) groups is 1. The van der Waals surface area contributed by atoms with Crippen LogP contribution in [0.5, 0.6) is 0 Å². The molecule has 0 aliphatic heterocycles. The van der Waals surface area contributed by atoms with Crippen LogP contribution in [0.3, 0.4) is 0 Å². The number of nitrogens with two attached hydrogens (primary N) is 1. The fraction of sp³-hybridized carbons (Fsp3) is 0.0435. The number of rotatable bonds is 5. The number of hydrogen-bond acceptors (Lipinski definition) is 6. The van der Waals surface area contributed by atoms with E-state index in [1.54, 1.807) is 28.3 Å². The van der Waals surface area contributed by atoms with Crippen molar-refractivity contribution in [3.63, 3.8) is 0 Å². The summed E-state index contributed by atoms with van der Waals surface area (Å²) in [4.78, 5) is 17.3. The average Bonchev–Trinajstić information content (AvgIpc) is 3.48. The van der Waals surface area contributed by atoms with E-state index in [9.17, 15) is 4.79 Å². The Morgan fingerprint density at radius 3 is 2.84 bits per heavy atom. The van der Waals surface area contributed by atoms with Crippen LogP contribution in [0.25, 0.3) is 22.0 Å². The van der Waals surface area contributed by atoms with Crippen LogP contribution in [0, 0.1) is 0 Å². The van der Waals surface area contributed by atoms with Gasteiger partial charge in [-0.3, -0.25) is 9.78 Å². The van der Waals surface area contributed by atoms with Gasteiger partial charge in [0, 0.05) is 5.39 Å². The number of para-hydroxylation sites is 1. The van der Waals surface area contributed by atoms with E-state index >= 15 is 0 Å². The number of nitrogen functional groups attached to an aromatic ring is 1. The van der Waals surface area contributed by atoms with Gasteiger partial charge in [0.1, 0.15) is 0 Å². The molecule has 0 saturated carbocycles. The molecule has 0 saturated heterocycles. The van der Waals surface area contributed by atoms with Crippen LogP contribution in [0.15, 0.2) is 77.6 Å². The van der Waals surface area contributed by atoms with Gasteiger partial charge in [0.05, 0.1) is 35.3 Å². The number of anilines is 2. The minimum Gasteiger partial charge on any atom is -0.397 e. The van der Waals surface area contributed by atoms with Crippen molar-refractivity contribution in [2.45, 2.75) is 6.54 Å². The smallest absolute Gasteiger partial charge is 0.277 e. The van der Waals surface area contributed by atoms with E-state index < -0.39 is 0 Å². The van der Waals surface area contributed by atoms with E-state index in [2.05, 4.69) is 20.6 Å². The van der Waals surface area contributed by atoms with Crippen molar-refractivity contribution in [3.8, 4) is 11.1 Å². The standard InChI is InChI=1S/C23H18N6OS/c24-19-8-6-16(17-9-10-31-14-17)11-21(19)26-23(30)22-13-29(28-27-22)12-18-7-5-15-3-1-2-4-20(15)25-18/h1-11,13-14H,12,24H2,(H,26,30). The van der Waals surface area contributed by atoms with Gasteiger partial charge in [-0.05, 0) is 52.2 Å².